The summed E-state index contributed by atoms with van der Waals surface area (Å²) in [7, 11) is 0. The molecule has 0 aliphatic carbocycles. The average molecular weight is 279 g/mol. The maximum atomic E-state index is 7.89. The normalized spacial score (nSPS) is 10.5. The van der Waals surface area contributed by atoms with E-state index in [-0.39, 0.29) is 5.84 Å². The number of hydrogen-bond acceptors (Lipinski definition) is 3. The number of benzene rings is 1. The summed E-state index contributed by atoms with van der Waals surface area (Å²) in [5, 5.41) is 7.89. The zero-order chi connectivity index (χ0) is 14.3. The van der Waals surface area contributed by atoms with Crippen LogP contribution in [0.4, 0.5) is 5.69 Å². The van der Waals surface area contributed by atoms with Crippen LogP contribution in [-0.4, -0.2) is 24.7 Å². The first kappa shape index (κ1) is 15.9. The molecule has 0 aliphatic rings. The van der Waals surface area contributed by atoms with Crippen LogP contribution >= 0.6 is 11.8 Å². The van der Waals surface area contributed by atoms with Gasteiger partial charge in [-0.05, 0) is 30.7 Å². The van der Waals surface area contributed by atoms with Crippen molar-refractivity contribution < 1.29 is 0 Å². The van der Waals surface area contributed by atoms with E-state index in [1.54, 1.807) is 11.8 Å². The van der Waals surface area contributed by atoms with Crippen molar-refractivity contribution in [3.05, 3.63) is 23.8 Å². The Bertz CT molecular complexity index is 412. The molecule has 0 aliphatic heterocycles. The number of nitrogens with one attached hydrogen (secondary N) is 1. The molecule has 0 aromatic heterocycles. The van der Waals surface area contributed by atoms with Crippen LogP contribution in [0.3, 0.4) is 0 Å². The van der Waals surface area contributed by atoms with Crippen LogP contribution in [0.1, 0.15) is 39.2 Å². The fourth-order valence-corrected chi connectivity index (χ4v) is 3.07. The average Bonchev–Trinajstić information content (AvgIpc) is 2.38. The molecule has 0 fully saturated rings. The van der Waals surface area contributed by atoms with Crippen LogP contribution in [-0.2, 0) is 0 Å². The van der Waals surface area contributed by atoms with Crippen molar-refractivity contribution in [3.63, 3.8) is 0 Å². The predicted octanol–water partition coefficient (Wildman–Crippen LogP) is 3.71. The fourth-order valence-electron chi connectivity index (χ4n) is 2.22. The highest BCUT2D eigenvalue weighted by molar-refractivity contribution is 7.99. The summed E-state index contributed by atoms with van der Waals surface area (Å²) in [4.78, 5) is 3.46. The van der Waals surface area contributed by atoms with E-state index in [9.17, 15) is 0 Å². The van der Waals surface area contributed by atoms with Gasteiger partial charge in [-0.3, -0.25) is 5.41 Å². The second kappa shape index (κ2) is 8.10. The molecule has 1 aromatic carbocycles. The van der Waals surface area contributed by atoms with Crippen LogP contribution in [0.15, 0.2) is 23.1 Å². The van der Waals surface area contributed by atoms with Crippen molar-refractivity contribution in [3.8, 4) is 0 Å². The molecule has 0 spiro atoms. The minimum atomic E-state index is 0.170. The fraction of sp³-hybridized carbons (Fsp3) is 0.533. The van der Waals surface area contributed by atoms with Gasteiger partial charge in [-0.25, -0.2) is 0 Å². The van der Waals surface area contributed by atoms with Crippen LogP contribution in [0, 0.1) is 5.41 Å². The van der Waals surface area contributed by atoms with Crippen molar-refractivity contribution in [1.82, 2.24) is 0 Å². The van der Waals surface area contributed by atoms with E-state index in [0.717, 1.165) is 47.8 Å². The predicted molar refractivity (Wildman–Crippen MR) is 86.7 cm³/mol. The van der Waals surface area contributed by atoms with E-state index in [0.29, 0.717) is 0 Å². The third-order valence-corrected chi connectivity index (χ3v) is 3.84. The Kier molecular flexibility index (Phi) is 6.78. The first-order chi connectivity index (χ1) is 9.15. The number of anilines is 1. The SMILES string of the molecule is CCCN(CCC)c1cccc(SCC)c1C(=N)N. The van der Waals surface area contributed by atoms with Gasteiger partial charge in [0.15, 0.2) is 0 Å². The number of nitrogens with two attached hydrogens (primary N) is 1. The van der Waals surface area contributed by atoms with Gasteiger partial charge in [-0.2, -0.15) is 0 Å². The molecule has 1 aromatic rings. The molecule has 0 radical (unpaired) electrons. The Morgan fingerprint density at radius 2 is 1.84 bits per heavy atom. The van der Waals surface area contributed by atoms with E-state index < -0.39 is 0 Å². The van der Waals surface area contributed by atoms with Crippen molar-refractivity contribution >= 4 is 23.3 Å². The first-order valence-corrected chi connectivity index (χ1v) is 7.99. The number of nitrogens with zero attached hydrogens (tertiary/aromatic N) is 1. The Labute approximate surface area is 121 Å². The summed E-state index contributed by atoms with van der Waals surface area (Å²) >= 11 is 1.75. The molecule has 3 nitrogen and oxygen atoms in total. The third kappa shape index (κ3) is 4.16. The first-order valence-electron chi connectivity index (χ1n) is 7.00. The second-order valence-corrected chi connectivity index (χ2v) is 5.79. The van der Waals surface area contributed by atoms with E-state index in [1.165, 1.54) is 0 Å². The van der Waals surface area contributed by atoms with Crippen LogP contribution in [0.2, 0.25) is 0 Å². The smallest absolute Gasteiger partial charge is 0.126 e. The maximum absolute atomic E-state index is 7.89. The maximum Gasteiger partial charge on any atom is 0.126 e. The lowest BCUT2D eigenvalue weighted by molar-refractivity contribution is 0.743. The van der Waals surface area contributed by atoms with Gasteiger partial charge in [-0.15, -0.1) is 11.8 Å². The molecule has 1 rings (SSSR count). The van der Waals surface area contributed by atoms with Crippen LogP contribution in [0.5, 0.6) is 0 Å². The molecule has 106 valence electrons. The number of amidine groups is 1. The van der Waals surface area contributed by atoms with E-state index in [2.05, 4.69) is 43.9 Å². The monoisotopic (exact) mass is 279 g/mol. The van der Waals surface area contributed by atoms with Crippen molar-refractivity contribution in [2.45, 2.75) is 38.5 Å². The molecular formula is C15H25N3S. The molecule has 0 amide bonds. The zero-order valence-corrected chi connectivity index (χ0v) is 13.0. The molecule has 0 bridgehead atoms. The lowest BCUT2D eigenvalue weighted by atomic mass is 10.1. The summed E-state index contributed by atoms with van der Waals surface area (Å²) in [5.41, 5.74) is 7.82. The molecule has 19 heavy (non-hydrogen) atoms. The van der Waals surface area contributed by atoms with Gasteiger partial charge in [0.2, 0.25) is 0 Å². The summed E-state index contributed by atoms with van der Waals surface area (Å²) in [5.74, 6) is 1.16. The number of hydrogen-bond donors (Lipinski definition) is 2. The third-order valence-electron chi connectivity index (χ3n) is 2.90. The quantitative estimate of drug-likeness (QED) is 0.433. The Morgan fingerprint density at radius 3 is 2.32 bits per heavy atom. The minimum absolute atomic E-state index is 0.170. The highest BCUT2D eigenvalue weighted by Gasteiger charge is 2.15. The van der Waals surface area contributed by atoms with E-state index in [4.69, 9.17) is 11.1 Å². The van der Waals surface area contributed by atoms with Gasteiger partial charge in [-0.1, -0.05) is 26.8 Å². The molecule has 3 N–H and O–H groups in total. The minimum Gasteiger partial charge on any atom is -0.384 e. The summed E-state index contributed by atoms with van der Waals surface area (Å²) < 4.78 is 0. The summed E-state index contributed by atoms with van der Waals surface area (Å²) in [6, 6.07) is 6.21. The van der Waals surface area contributed by atoms with Gasteiger partial charge in [0.1, 0.15) is 5.84 Å². The summed E-state index contributed by atoms with van der Waals surface area (Å²) in [6.07, 6.45) is 2.20. The number of thioether (sulfide) groups is 1. The number of nitrogen functional groups attached to an aromatic ring is 1. The Hall–Kier alpha value is -1.16. The topological polar surface area (TPSA) is 53.1 Å². The molecule has 0 unspecified atom stereocenters. The molecule has 0 atom stereocenters. The molecule has 0 heterocycles. The van der Waals surface area contributed by atoms with Gasteiger partial charge in [0.05, 0.1) is 5.56 Å². The standard InChI is InChI=1S/C15H25N3S/c1-4-10-18(11-5-2)12-8-7-9-13(19-6-3)14(12)15(16)17/h7-9H,4-6,10-11H2,1-3H3,(H3,16,17). The van der Waals surface area contributed by atoms with Crippen LogP contribution < -0.4 is 10.6 Å². The van der Waals surface area contributed by atoms with E-state index in [1.807, 2.05) is 0 Å². The highest BCUT2D eigenvalue weighted by Crippen LogP contribution is 2.30. The summed E-state index contributed by atoms with van der Waals surface area (Å²) in [6.45, 7) is 8.50. The Balaban J connectivity index is 3.23. The van der Waals surface area contributed by atoms with Gasteiger partial charge >= 0.3 is 0 Å². The molecular weight excluding hydrogens is 254 g/mol. The zero-order valence-electron chi connectivity index (χ0n) is 12.2. The molecule has 4 heteroatoms. The Morgan fingerprint density at radius 1 is 1.21 bits per heavy atom. The second-order valence-electron chi connectivity index (χ2n) is 4.48. The molecule has 0 saturated heterocycles. The van der Waals surface area contributed by atoms with Gasteiger partial charge in [0, 0.05) is 23.7 Å². The van der Waals surface area contributed by atoms with Gasteiger partial charge in [0.25, 0.3) is 0 Å². The lowest BCUT2D eigenvalue weighted by Gasteiger charge is -2.27. The van der Waals surface area contributed by atoms with Crippen LogP contribution in [0.25, 0.3) is 0 Å². The highest BCUT2D eigenvalue weighted by atomic mass is 32.2. The van der Waals surface area contributed by atoms with Crippen molar-refractivity contribution in [1.29, 1.82) is 5.41 Å². The van der Waals surface area contributed by atoms with E-state index >= 15 is 0 Å². The lowest BCUT2D eigenvalue weighted by Crippen LogP contribution is -2.28. The number of rotatable bonds is 8. The largest absolute Gasteiger partial charge is 0.384 e. The van der Waals surface area contributed by atoms with Crippen molar-refractivity contribution in [2.24, 2.45) is 5.73 Å². The molecule has 0 saturated carbocycles. The van der Waals surface area contributed by atoms with Crippen molar-refractivity contribution in [2.75, 3.05) is 23.7 Å². The van der Waals surface area contributed by atoms with Gasteiger partial charge < -0.3 is 10.6 Å².